The topological polar surface area (TPSA) is 88.1 Å². The molecule has 0 unspecified atom stereocenters. The van der Waals surface area contributed by atoms with Crippen LogP contribution in [0, 0.1) is 0 Å². The molecular weight excluding hydrogens is 332 g/mol. The van der Waals surface area contributed by atoms with Crippen LogP contribution < -0.4 is 0 Å². The molecule has 0 rings (SSSR count). The van der Waals surface area contributed by atoms with E-state index in [1.54, 1.807) is 0 Å². The summed E-state index contributed by atoms with van der Waals surface area (Å²) >= 11 is 0. The minimum Gasteiger partial charge on any atom is -0.463 e. The Morgan fingerprint density at radius 3 is 1.12 bits per heavy atom. The van der Waals surface area contributed by atoms with Gasteiger partial charge in [-0.2, -0.15) is 0 Å². The van der Waals surface area contributed by atoms with Gasteiger partial charge >= 0.3 is 26.2 Å². The molecule has 0 fully saturated rings. The summed E-state index contributed by atoms with van der Waals surface area (Å²) in [6, 6.07) is 0. The third kappa shape index (κ3) is 7.38. The van der Waals surface area contributed by atoms with Crippen molar-refractivity contribution in [2.45, 2.75) is 20.8 Å². The average Bonchev–Trinajstić information content (AvgIpc) is 2.53. The molecule has 0 atom stereocenters. The molecule has 0 saturated carbocycles. The summed E-state index contributed by atoms with van der Waals surface area (Å²) in [5.74, 6) is -1.83. The van der Waals surface area contributed by atoms with Crippen molar-refractivity contribution in [2.75, 3.05) is 25.8 Å². The van der Waals surface area contributed by atoms with Crippen LogP contribution in [0.25, 0.3) is 0 Å². The Hall–Kier alpha value is -2.19. The van der Waals surface area contributed by atoms with Crippen LogP contribution in [0.15, 0.2) is 36.5 Å². The molecule has 0 saturated heterocycles. The molecule has 0 aromatic carbocycles. The van der Waals surface area contributed by atoms with Crippen LogP contribution in [0.3, 0.4) is 0 Å². The SMILES string of the molecule is C=C(C)C(=O)OC[Si](COC(=O)C(=C)C)(COC(=O)C(=C)C)OC. The molecule has 0 aromatic rings. The predicted octanol–water partition coefficient (Wildman–Crippen LogP) is 1.55. The number of carbonyl (C=O) groups is 3. The van der Waals surface area contributed by atoms with Crippen LogP contribution in [-0.2, 0) is 33.0 Å². The van der Waals surface area contributed by atoms with Crippen molar-refractivity contribution in [3.05, 3.63) is 36.5 Å². The smallest absolute Gasteiger partial charge is 0.332 e. The van der Waals surface area contributed by atoms with E-state index in [1.165, 1.54) is 27.9 Å². The Kier molecular flexibility index (Phi) is 8.94. The van der Waals surface area contributed by atoms with Crippen LogP contribution in [0.1, 0.15) is 20.8 Å². The highest BCUT2D eigenvalue weighted by atomic mass is 28.4. The van der Waals surface area contributed by atoms with Crippen LogP contribution in [0.4, 0.5) is 0 Å². The lowest BCUT2D eigenvalue weighted by Gasteiger charge is -2.28. The molecule has 7 nitrogen and oxygen atoms in total. The number of carbonyl (C=O) groups excluding carboxylic acids is 3. The number of hydrogen-bond donors (Lipinski definition) is 0. The molecule has 0 bridgehead atoms. The van der Waals surface area contributed by atoms with Crippen molar-refractivity contribution in [3.63, 3.8) is 0 Å². The van der Waals surface area contributed by atoms with Gasteiger partial charge < -0.3 is 18.6 Å². The van der Waals surface area contributed by atoms with Gasteiger partial charge in [-0.25, -0.2) is 14.4 Å². The van der Waals surface area contributed by atoms with Gasteiger partial charge in [-0.15, -0.1) is 0 Å². The van der Waals surface area contributed by atoms with E-state index in [9.17, 15) is 14.4 Å². The maximum Gasteiger partial charge on any atom is 0.332 e. The highest BCUT2D eigenvalue weighted by molar-refractivity contribution is 6.74. The van der Waals surface area contributed by atoms with E-state index < -0.39 is 26.2 Å². The summed E-state index contributed by atoms with van der Waals surface area (Å²) < 4.78 is 20.8. The van der Waals surface area contributed by atoms with Gasteiger partial charge in [0.25, 0.3) is 0 Å². The largest absolute Gasteiger partial charge is 0.463 e. The lowest BCUT2D eigenvalue weighted by atomic mass is 10.4. The molecule has 0 aliphatic heterocycles. The molecule has 0 heterocycles. The van der Waals surface area contributed by atoms with E-state index in [1.807, 2.05) is 0 Å². The zero-order valence-electron chi connectivity index (χ0n) is 14.6. The second-order valence-corrected chi connectivity index (χ2v) is 9.10. The molecule has 0 N–H and O–H groups in total. The molecular formula is C16H24O7Si. The van der Waals surface area contributed by atoms with Crippen molar-refractivity contribution in [1.82, 2.24) is 0 Å². The Morgan fingerprint density at radius 2 is 0.958 bits per heavy atom. The third-order valence-corrected chi connectivity index (χ3v) is 5.75. The van der Waals surface area contributed by atoms with E-state index in [0.29, 0.717) is 0 Å². The van der Waals surface area contributed by atoms with Gasteiger partial charge in [-0.1, -0.05) is 19.7 Å². The van der Waals surface area contributed by atoms with Crippen molar-refractivity contribution >= 4 is 26.2 Å². The maximum absolute atomic E-state index is 11.6. The van der Waals surface area contributed by atoms with Gasteiger partial charge in [0.15, 0.2) is 0 Å². The van der Waals surface area contributed by atoms with Gasteiger partial charge in [-0.3, -0.25) is 0 Å². The standard InChI is InChI=1S/C16H24O7Si/c1-11(2)14(17)21-8-24(20-7,9-22-15(18)12(3)4)10-23-16(19)13(5)6/h1,3,5,8-10H2,2,4,6-7H3. The highest BCUT2D eigenvalue weighted by Gasteiger charge is 2.40. The second kappa shape index (κ2) is 9.84. The van der Waals surface area contributed by atoms with E-state index in [2.05, 4.69) is 19.7 Å². The van der Waals surface area contributed by atoms with Crippen molar-refractivity contribution in [2.24, 2.45) is 0 Å². The van der Waals surface area contributed by atoms with Crippen LogP contribution in [-0.4, -0.2) is 52.0 Å². The lowest BCUT2D eigenvalue weighted by Crippen LogP contribution is -2.54. The fourth-order valence-corrected chi connectivity index (χ4v) is 3.05. The predicted molar refractivity (Wildman–Crippen MR) is 90.1 cm³/mol. The average molecular weight is 356 g/mol. The zero-order valence-corrected chi connectivity index (χ0v) is 15.6. The van der Waals surface area contributed by atoms with Crippen molar-refractivity contribution in [3.8, 4) is 0 Å². The van der Waals surface area contributed by atoms with Gasteiger partial charge in [0.1, 0.15) is 18.7 Å². The number of rotatable bonds is 10. The molecule has 0 aliphatic rings. The molecule has 0 aliphatic carbocycles. The van der Waals surface area contributed by atoms with Crippen molar-refractivity contribution in [1.29, 1.82) is 0 Å². The summed E-state index contributed by atoms with van der Waals surface area (Å²) in [6.45, 7) is 14.9. The second-order valence-electron chi connectivity index (χ2n) is 5.46. The zero-order chi connectivity index (χ0) is 18.9. The molecule has 0 spiro atoms. The van der Waals surface area contributed by atoms with Crippen LogP contribution in [0.5, 0.6) is 0 Å². The molecule has 0 aromatic heterocycles. The molecule has 134 valence electrons. The quantitative estimate of drug-likeness (QED) is 0.254. The molecule has 8 heteroatoms. The van der Waals surface area contributed by atoms with E-state index >= 15 is 0 Å². The Balaban J connectivity index is 5.11. The van der Waals surface area contributed by atoms with Gasteiger partial charge in [0.05, 0.1) is 0 Å². The summed E-state index contributed by atoms with van der Waals surface area (Å²) in [4.78, 5) is 34.8. The van der Waals surface area contributed by atoms with Crippen molar-refractivity contribution < 1.29 is 33.0 Å². The highest BCUT2D eigenvalue weighted by Crippen LogP contribution is 2.11. The summed E-state index contributed by atoms with van der Waals surface area (Å²) in [6.07, 6.45) is -0.494. The number of ether oxygens (including phenoxy) is 3. The molecule has 0 radical (unpaired) electrons. The minimum atomic E-state index is -3.05. The third-order valence-electron chi connectivity index (χ3n) is 2.88. The van der Waals surface area contributed by atoms with Gasteiger partial charge in [-0.05, 0) is 20.8 Å². The maximum atomic E-state index is 11.6. The van der Waals surface area contributed by atoms with Crippen LogP contribution in [0.2, 0.25) is 0 Å². The first kappa shape index (κ1) is 21.8. The fourth-order valence-electron chi connectivity index (χ4n) is 1.26. The first-order chi connectivity index (χ1) is 11.0. The van der Waals surface area contributed by atoms with Crippen LogP contribution >= 0.6 is 0 Å². The summed E-state index contributed by atoms with van der Waals surface area (Å²) in [7, 11) is -1.67. The fraction of sp³-hybridized carbons (Fsp3) is 0.438. The molecule has 0 amide bonds. The Labute approximate surface area is 143 Å². The Morgan fingerprint density at radius 1 is 0.708 bits per heavy atom. The first-order valence-corrected chi connectivity index (χ1v) is 9.60. The minimum absolute atomic E-state index is 0.165. The monoisotopic (exact) mass is 356 g/mol. The number of esters is 3. The first-order valence-electron chi connectivity index (χ1n) is 7.07. The van der Waals surface area contributed by atoms with E-state index in [4.69, 9.17) is 18.6 Å². The van der Waals surface area contributed by atoms with Gasteiger partial charge in [0.2, 0.25) is 0 Å². The Bertz CT molecular complexity index is 477. The van der Waals surface area contributed by atoms with E-state index in [0.717, 1.165) is 0 Å². The molecule has 24 heavy (non-hydrogen) atoms. The normalized spacial score (nSPS) is 10.5. The summed E-state index contributed by atoms with van der Waals surface area (Å²) in [5.41, 5.74) is 0.644. The lowest BCUT2D eigenvalue weighted by molar-refractivity contribution is -0.139. The van der Waals surface area contributed by atoms with E-state index in [-0.39, 0.29) is 35.4 Å². The number of hydrogen-bond acceptors (Lipinski definition) is 7. The summed E-state index contributed by atoms with van der Waals surface area (Å²) in [5, 5.41) is 0. The van der Waals surface area contributed by atoms with Gasteiger partial charge in [0, 0.05) is 23.8 Å².